The fourth-order valence-corrected chi connectivity index (χ4v) is 2.86. The van der Waals surface area contributed by atoms with Gasteiger partial charge in [0.15, 0.2) is 5.03 Å². The van der Waals surface area contributed by atoms with Gasteiger partial charge in [0.1, 0.15) is 5.69 Å². The minimum atomic E-state index is -0.421. The van der Waals surface area contributed by atoms with Gasteiger partial charge in [-0.2, -0.15) is 5.10 Å². The Morgan fingerprint density at radius 1 is 1.47 bits per heavy atom. The molecular formula is C9H11N7O2S. The molecule has 0 amide bonds. The quantitative estimate of drug-likeness (QED) is 0.610. The van der Waals surface area contributed by atoms with E-state index in [1.807, 2.05) is 0 Å². The summed E-state index contributed by atoms with van der Waals surface area (Å²) in [6, 6.07) is 0.325. The first-order valence-corrected chi connectivity index (χ1v) is 6.53. The van der Waals surface area contributed by atoms with Crippen molar-refractivity contribution in [2.45, 2.75) is 36.0 Å². The summed E-state index contributed by atoms with van der Waals surface area (Å²) >= 11 is 1.18. The fraction of sp³-hybridized carbons (Fsp3) is 0.556. The maximum Gasteiger partial charge on any atom is 0.324 e. The Bertz CT molecular complexity index is 645. The van der Waals surface area contributed by atoms with Gasteiger partial charge in [0.25, 0.3) is 0 Å². The van der Waals surface area contributed by atoms with Crippen LogP contribution >= 0.6 is 11.8 Å². The highest BCUT2D eigenvalue weighted by Gasteiger charge is 2.31. The average molecular weight is 281 g/mol. The second kappa shape index (κ2) is 4.30. The third-order valence-corrected chi connectivity index (χ3v) is 3.97. The fourth-order valence-electron chi connectivity index (χ4n) is 1.84. The van der Waals surface area contributed by atoms with Crippen molar-refractivity contribution in [1.29, 1.82) is 0 Å². The van der Waals surface area contributed by atoms with Crippen molar-refractivity contribution in [2.24, 2.45) is 7.05 Å². The lowest BCUT2D eigenvalue weighted by Gasteiger charge is -2.02. The van der Waals surface area contributed by atoms with Crippen LogP contribution in [0.1, 0.15) is 24.6 Å². The van der Waals surface area contributed by atoms with E-state index >= 15 is 0 Å². The molecule has 0 radical (unpaired) electrons. The van der Waals surface area contributed by atoms with E-state index in [1.165, 1.54) is 16.4 Å². The van der Waals surface area contributed by atoms with Crippen molar-refractivity contribution in [2.75, 3.05) is 0 Å². The number of rotatable bonds is 4. The smallest absolute Gasteiger partial charge is 0.258 e. The molecule has 0 bridgehead atoms. The van der Waals surface area contributed by atoms with E-state index in [0.29, 0.717) is 21.9 Å². The molecule has 3 rings (SSSR count). The number of hydrogen-bond acceptors (Lipinski definition) is 7. The van der Waals surface area contributed by atoms with Gasteiger partial charge in [0.05, 0.1) is 11.0 Å². The van der Waals surface area contributed by atoms with Gasteiger partial charge in [-0.05, 0) is 42.0 Å². The Kier molecular flexibility index (Phi) is 2.73. The monoisotopic (exact) mass is 281 g/mol. The van der Waals surface area contributed by atoms with Gasteiger partial charge in [-0.1, -0.05) is 0 Å². The van der Waals surface area contributed by atoms with Crippen molar-refractivity contribution in [3.63, 3.8) is 0 Å². The van der Waals surface area contributed by atoms with Crippen LogP contribution in [0.2, 0.25) is 0 Å². The van der Waals surface area contributed by atoms with E-state index in [2.05, 4.69) is 20.6 Å². The molecule has 1 saturated carbocycles. The van der Waals surface area contributed by atoms with Gasteiger partial charge in [0, 0.05) is 7.05 Å². The second-order valence-corrected chi connectivity index (χ2v) is 5.32. The lowest BCUT2D eigenvalue weighted by Crippen LogP contribution is -2.01. The van der Waals surface area contributed by atoms with Crippen LogP contribution in [-0.2, 0) is 7.05 Å². The minimum absolute atomic E-state index is 0.0119. The molecule has 0 saturated heterocycles. The summed E-state index contributed by atoms with van der Waals surface area (Å²) in [7, 11) is 1.67. The van der Waals surface area contributed by atoms with E-state index in [-0.39, 0.29) is 5.69 Å². The van der Waals surface area contributed by atoms with Gasteiger partial charge in [-0.3, -0.25) is 14.8 Å². The summed E-state index contributed by atoms with van der Waals surface area (Å²) in [6.45, 7) is 1.62. The van der Waals surface area contributed by atoms with Crippen LogP contribution in [0.25, 0.3) is 0 Å². The highest BCUT2D eigenvalue weighted by Crippen LogP contribution is 2.40. The molecule has 2 heterocycles. The predicted octanol–water partition coefficient (Wildman–Crippen LogP) is 1.11. The molecule has 100 valence electrons. The molecule has 1 aliphatic carbocycles. The number of tetrazole rings is 1. The predicted molar refractivity (Wildman–Crippen MR) is 64.8 cm³/mol. The zero-order valence-electron chi connectivity index (χ0n) is 10.3. The molecular weight excluding hydrogens is 270 g/mol. The molecule has 9 nitrogen and oxygen atoms in total. The lowest BCUT2D eigenvalue weighted by molar-refractivity contribution is -0.388. The van der Waals surface area contributed by atoms with Gasteiger partial charge in [-0.15, -0.1) is 5.10 Å². The molecule has 10 heteroatoms. The highest BCUT2D eigenvalue weighted by atomic mass is 32.2. The lowest BCUT2D eigenvalue weighted by atomic mass is 10.4. The van der Waals surface area contributed by atoms with Crippen LogP contribution in [0.3, 0.4) is 0 Å². The number of aromatic nitrogens is 6. The summed E-state index contributed by atoms with van der Waals surface area (Å²) in [5.41, 5.74) is 0.401. The normalized spacial score (nSPS) is 14.8. The molecule has 19 heavy (non-hydrogen) atoms. The first kappa shape index (κ1) is 12.1. The summed E-state index contributed by atoms with van der Waals surface area (Å²) in [6.07, 6.45) is 2.09. The molecule has 0 aromatic carbocycles. The molecule has 2 aromatic heterocycles. The van der Waals surface area contributed by atoms with Crippen molar-refractivity contribution in [1.82, 2.24) is 30.0 Å². The Hall–Kier alpha value is -1.97. The second-order valence-electron chi connectivity index (χ2n) is 4.36. The number of nitro groups is 1. The van der Waals surface area contributed by atoms with Crippen LogP contribution in [0.4, 0.5) is 5.69 Å². The zero-order chi connectivity index (χ0) is 13.6. The van der Waals surface area contributed by atoms with Crippen LogP contribution in [-0.4, -0.2) is 34.9 Å². The molecule has 2 aromatic rings. The summed E-state index contributed by atoms with van der Waals surface area (Å²) < 4.78 is 3.21. The van der Waals surface area contributed by atoms with E-state index < -0.39 is 4.92 Å². The zero-order valence-corrected chi connectivity index (χ0v) is 11.2. The summed E-state index contributed by atoms with van der Waals surface area (Å²) in [5, 5.41) is 27.7. The average Bonchev–Trinajstić information content (AvgIpc) is 3.01. The molecule has 0 atom stereocenters. The topological polar surface area (TPSA) is 105 Å². The number of aryl methyl sites for hydroxylation is 2. The van der Waals surface area contributed by atoms with Gasteiger partial charge in [0.2, 0.25) is 5.16 Å². The highest BCUT2D eigenvalue weighted by molar-refractivity contribution is 7.99. The molecule has 0 N–H and O–H groups in total. The number of nitrogens with zero attached hydrogens (tertiary/aromatic N) is 7. The maximum absolute atomic E-state index is 11.1. The Morgan fingerprint density at radius 3 is 2.84 bits per heavy atom. The van der Waals surface area contributed by atoms with E-state index in [9.17, 15) is 10.1 Å². The first-order chi connectivity index (χ1) is 9.08. The van der Waals surface area contributed by atoms with E-state index in [1.54, 1.807) is 18.7 Å². The van der Waals surface area contributed by atoms with Crippen LogP contribution in [0.15, 0.2) is 10.2 Å². The third kappa shape index (κ3) is 2.07. The molecule has 0 spiro atoms. The van der Waals surface area contributed by atoms with Gasteiger partial charge < -0.3 is 0 Å². The summed E-state index contributed by atoms with van der Waals surface area (Å²) in [4.78, 5) is 10.7. The maximum atomic E-state index is 11.1. The van der Waals surface area contributed by atoms with Crippen LogP contribution in [0.5, 0.6) is 0 Å². The summed E-state index contributed by atoms with van der Waals surface area (Å²) in [5.74, 6) is 0. The Labute approximate surface area is 112 Å². The van der Waals surface area contributed by atoms with Crippen molar-refractivity contribution in [3.8, 4) is 0 Å². The first-order valence-electron chi connectivity index (χ1n) is 5.71. The molecule has 1 aliphatic rings. The molecule has 1 fully saturated rings. The minimum Gasteiger partial charge on any atom is -0.258 e. The van der Waals surface area contributed by atoms with Gasteiger partial charge >= 0.3 is 5.69 Å². The van der Waals surface area contributed by atoms with E-state index in [0.717, 1.165) is 12.8 Å². The van der Waals surface area contributed by atoms with Crippen LogP contribution < -0.4 is 0 Å². The molecule has 0 aliphatic heterocycles. The van der Waals surface area contributed by atoms with Crippen LogP contribution in [0, 0.1) is 17.0 Å². The largest absolute Gasteiger partial charge is 0.324 e. The van der Waals surface area contributed by atoms with Crippen molar-refractivity contribution >= 4 is 17.4 Å². The Balaban J connectivity index is 1.98. The Morgan fingerprint density at radius 2 is 2.21 bits per heavy atom. The standard InChI is InChI=1S/C9H11N7O2S/c1-5-7(16(17)18)8(14(2)11-5)19-9-10-12-13-15(9)6-3-4-6/h6H,3-4H2,1-2H3. The SMILES string of the molecule is Cc1nn(C)c(Sc2nnnn2C2CC2)c1[N+](=O)[O-]. The van der Waals surface area contributed by atoms with Crippen molar-refractivity contribution < 1.29 is 4.92 Å². The van der Waals surface area contributed by atoms with Crippen molar-refractivity contribution in [3.05, 3.63) is 15.8 Å². The number of hydrogen-bond donors (Lipinski definition) is 0. The molecule has 0 unspecified atom stereocenters. The van der Waals surface area contributed by atoms with E-state index in [4.69, 9.17) is 0 Å². The van der Waals surface area contributed by atoms with Gasteiger partial charge in [-0.25, -0.2) is 4.68 Å². The third-order valence-electron chi connectivity index (χ3n) is 2.87.